The summed E-state index contributed by atoms with van der Waals surface area (Å²) >= 11 is 0. The highest BCUT2D eigenvalue weighted by Crippen LogP contribution is 2.28. The molecular weight excluding hydrogens is 302 g/mol. The van der Waals surface area contributed by atoms with Crippen LogP contribution in [0.4, 0.5) is 5.69 Å². The Labute approximate surface area is 128 Å². The number of benzene rings is 1. The number of aromatic nitrogens is 2. The molecule has 1 aliphatic heterocycles. The first-order valence-corrected chi connectivity index (χ1v) is 8.71. The third-order valence-electron chi connectivity index (χ3n) is 3.77. The monoisotopic (exact) mass is 317 g/mol. The Morgan fingerprint density at radius 1 is 1.14 bits per heavy atom. The average molecular weight is 317 g/mol. The number of piperazine rings is 1. The van der Waals surface area contributed by atoms with Crippen molar-refractivity contribution in [1.82, 2.24) is 14.5 Å². The van der Waals surface area contributed by atoms with E-state index in [9.17, 15) is 13.7 Å². The van der Waals surface area contributed by atoms with Gasteiger partial charge >= 0.3 is 0 Å². The largest absolute Gasteiger partial charge is 0.366 e. The molecule has 7 nitrogen and oxygen atoms in total. The van der Waals surface area contributed by atoms with Crippen LogP contribution in [0.1, 0.15) is 5.69 Å². The number of hydrogen-bond donors (Lipinski definition) is 0. The summed E-state index contributed by atoms with van der Waals surface area (Å²) < 4.78 is 24.6. The lowest BCUT2D eigenvalue weighted by Gasteiger charge is -2.35. The first-order chi connectivity index (χ1) is 10.5. The number of nitriles is 1. The Morgan fingerprint density at radius 3 is 2.45 bits per heavy atom. The molecule has 2 heterocycles. The summed E-state index contributed by atoms with van der Waals surface area (Å²) in [6, 6.07) is 9.59. The topological polar surface area (TPSA) is 90.2 Å². The van der Waals surface area contributed by atoms with E-state index < -0.39 is 10.0 Å². The molecular formula is C14H15N5O2S. The predicted molar refractivity (Wildman–Crippen MR) is 82.9 cm³/mol. The van der Waals surface area contributed by atoms with Gasteiger partial charge in [-0.2, -0.15) is 9.57 Å². The van der Waals surface area contributed by atoms with Gasteiger partial charge in [-0.3, -0.25) is 0 Å². The quantitative estimate of drug-likeness (QED) is 0.805. The van der Waals surface area contributed by atoms with Crippen molar-refractivity contribution >= 4 is 26.6 Å². The van der Waals surface area contributed by atoms with E-state index in [1.807, 2.05) is 29.2 Å². The molecule has 3 rings (SSSR count). The summed E-state index contributed by atoms with van der Waals surface area (Å²) in [5.41, 5.74) is 1.73. The smallest absolute Gasteiger partial charge is 0.211 e. The Balaban J connectivity index is 1.99. The van der Waals surface area contributed by atoms with Gasteiger partial charge in [0.15, 0.2) is 5.69 Å². The minimum absolute atomic E-state index is 0.270. The molecule has 0 bridgehead atoms. The van der Waals surface area contributed by atoms with E-state index in [1.165, 1.54) is 10.6 Å². The molecule has 1 aromatic heterocycles. The Morgan fingerprint density at radius 2 is 1.82 bits per heavy atom. The number of rotatable bonds is 2. The second-order valence-corrected chi connectivity index (χ2v) is 7.16. The molecule has 0 amide bonds. The van der Waals surface area contributed by atoms with Crippen molar-refractivity contribution in [2.45, 2.75) is 0 Å². The van der Waals surface area contributed by atoms with Gasteiger partial charge in [0.1, 0.15) is 6.07 Å². The molecule has 0 N–H and O–H groups in total. The average Bonchev–Trinajstić information content (AvgIpc) is 2.53. The van der Waals surface area contributed by atoms with E-state index in [0.717, 1.165) is 16.6 Å². The third-order valence-corrected chi connectivity index (χ3v) is 5.07. The fourth-order valence-electron chi connectivity index (χ4n) is 2.68. The molecule has 0 unspecified atom stereocenters. The first-order valence-electron chi connectivity index (χ1n) is 6.86. The second-order valence-electron chi connectivity index (χ2n) is 5.18. The van der Waals surface area contributed by atoms with Gasteiger partial charge in [-0.1, -0.05) is 18.2 Å². The highest BCUT2D eigenvalue weighted by atomic mass is 32.2. The van der Waals surface area contributed by atoms with Crippen LogP contribution in [0.25, 0.3) is 10.9 Å². The zero-order chi connectivity index (χ0) is 15.7. The van der Waals surface area contributed by atoms with Crippen molar-refractivity contribution in [1.29, 1.82) is 5.26 Å². The van der Waals surface area contributed by atoms with Gasteiger partial charge in [0.25, 0.3) is 0 Å². The number of nitrogens with zero attached hydrogens (tertiary/aromatic N) is 5. The van der Waals surface area contributed by atoms with Gasteiger partial charge in [-0.25, -0.2) is 8.42 Å². The summed E-state index contributed by atoms with van der Waals surface area (Å²) in [7, 11) is -3.18. The van der Waals surface area contributed by atoms with Gasteiger partial charge in [-0.15, -0.1) is 10.2 Å². The molecule has 1 saturated heterocycles. The number of hydrogen-bond acceptors (Lipinski definition) is 6. The number of fused-ring (bicyclic) bond motifs is 1. The lowest BCUT2D eigenvalue weighted by Crippen LogP contribution is -2.48. The Bertz CT molecular complexity index is 851. The lowest BCUT2D eigenvalue weighted by molar-refractivity contribution is 0.388. The van der Waals surface area contributed by atoms with Crippen LogP contribution in [0.15, 0.2) is 24.3 Å². The molecule has 0 spiro atoms. The van der Waals surface area contributed by atoms with Gasteiger partial charge in [0, 0.05) is 31.6 Å². The molecule has 8 heteroatoms. The van der Waals surface area contributed by atoms with Crippen LogP contribution in [0.5, 0.6) is 0 Å². The van der Waals surface area contributed by atoms with Crippen molar-refractivity contribution < 1.29 is 8.42 Å². The molecule has 22 heavy (non-hydrogen) atoms. The predicted octanol–water partition coefficient (Wildman–Crippen LogP) is 0.583. The SMILES string of the molecule is CS(=O)(=O)N1CCN(c2c(C#N)nnc3ccccc23)CC1. The first kappa shape index (κ1) is 14.7. The summed E-state index contributed by atoms with van der Waals surface area (Å²) in [6.07, 6.45) is 1.22. The maximum atomic E-state index is 11.6. The maximum absolute atomic E-state index is 11.6. The van der Waals surface area contributed by atoms with Crippen molar-refractivity contribution in [3.05, 3.63) is 30.0 Å². The highest BCUT2D eigenvalue weighted by Gasteiger charge is 2.26. The van der Waals surface area contributed by atoms with Gasteiger partial charge < -0.3 is 4.90 Å². The minimum Gasteiger partial charge on any atom is -0.366 e. The van der Waals surface area contributed by atoms with E-state index >= 15 is 0 Å². The van der Waals surface area contributed by atoms with Crippen LogP contribution in [-0.4, -0.2) is 55.4 Å². The van der Waals surface area contributed by atoms with Crippen molar-refractivity contribution in [2.75, 3.05) is 37.3 Å². The molecule has 0 radical (unpaired) electrons. The molecule has 1 aliphatic rings. The fourth-order valence-corrected chi connectivity index (χ4v) is 3.51. The van der Waals surface area contributed by atoms with E-state index in [2.05, 4.69) is 16.3 Å². The van der Waals surface area contributed by atoms with Crippen molar-refractivity contribution in [3.8, 4) is 6.07 Å². The van der Waals surface area contributed by atoms with E-state index in [4.69, 9.17) is 0 Å². The Hall–Kier alpha value is -2.24. The van der Waals surface area contributed by atoms with E-state index in [0.29, 0.717) is 26.2 Å². The lowest BCUT2D eigenvalue weighted by atomic mass is 10.1. The van der Waals surface area contributed by atoms with Crippen LogP contribution >= 0.6 is 0 Å². The van der Waals surface area contributed by atoms with Crippen molar-refractivity contribution in [2.24, 2.45) is 0 Å². The third kappa shape index (κ3) is 2.61. The Kier molecular flexibility index (Phi) is 3.68. The molecule has 0 saturated carbocycles. The van der Waals surface area contributed by atoms with E-state index in [-0.39, 0.29) is 5.69 Å². The second kappa shape index (κ2) is 5.51. The van der Waals surface area contributed by atoms with Crippen LogP contribution < -0.4 is 4.90 Å². The molecule has 1 fully saturated rings. The molecule has 0 atom stereocenters. The van der Waals surface area contributed by atoms with Crippen molar-refractivity contribution in [3.63, 3.8) is 0 Å². The van der Waals surface area contributed by atoms with Gasteiger partial charge in [-0.05, 0) is 6.07 Å². The zero-order valence-electron chi connectivity index (χ0n) is 12.1. The van der Waals surface area contributed by atoms with Gasteiger partial charge in [0.2, 0.25) is 10.0 Å². The highest BCUT2D eigenvalue weighted by molar-refractivity contribution is 7.88. The van der Waals surface area contributed by atoms with Crippen LogP contribution in [-0.2, 0) is 10.0 Å². The van der Waals surface area contributed by atoms with Crippen LogP contribution in [0, 0.1) is 11.3 Å². The standard InChI is InChI=1S/C14H15N5O2S/c1-22(20,21)19-8-6-18(7-9-19)14-11-4-2-3-5-12(11)16-17-13(14)10-15/h2-5H,6-9H2,1H3. The summed E-state index contributed by atoms with van der Waals surface area (Å²) in [6.45, 7) is 1.86. The summed E-state index contributed by atoms with van der Waals surface area (Å²) in [5, 5.41) is 18.2. The van der Waals surface area contributed by atoms with Crippen LogP contribution in [0.2, 0.25) is 0 Å². The number of anilines is 1. The molecule has 0 aliphatic carbocycles. The summed E-state index contributed by atoms with van der Waals surface area (Å²) in [5.74, 6) is 0. The maximum Gasteiger partial charge on any atom is 0.211 e. The summed E-state index contributed by atoms with van der Waals surface area (Å²) in [4.78, 5) is 2.01. The zero-order valence-corrected chi connectivity index (χ0v) is 12.9. The normalized spacial score (nSPS) is 16.6. The number of sulfonamides is 1. The molecule has 114 valence electrons. The fraction of sp³-hybridized carbons (Fsp3) is 0.357. The minimum atomic E-state index is -3.18. The molecule has 2 aromatic rings. The van der Waals surface area contributed by atoms with Crippen LogP contribution in [0.3, 0.4) is 0 Å². The molecule has 1 aromatic carbocycles. The van der Waals surface area contributed by atoms with E-state index in [1.54, 1.807) is 0 Å². The van der Waals surface area contributed by atoms with Gasteiger partial charge in [0.05, 0.1) is 17.5 Å².